The molecular formula is C14H14F2N2O2S. The van der Waals surface area contributed by atoms with Gasteiger partial charge in [-0.2, -0.15) is 0 Å². The molecule has 1 unspecified atom stereocenters. The van der Waals surface area contributed by atoms with Crippen molar-refractivity contribution in [2.24, 2.45) is 5.84 Å². The number of hydrogen-bond donors (Lipinski definition) is 2. The molecule has 0 amide bonds. The average molecular weight is 312 g/mol. The average Bonchev–Trinajstić information content (AvgIpc) is 2.38. The van der Waals surface area contributed by atoms with Crippen LogP contribution >= 0.6 is 0 Å². The van der Waals surface area contributed by atoms with Crippen LogP contribution in [-0.2, 0) is 9.84 Å². The molecule has 0 saturated heterocycles. The lowest BCUT2D eigenvalue weighted by Gasteiger charge is -2.17. The Morgan fingerprint density at radius 1 is 1.05 bits per heavy atom. The summed E-state index contributed by atoms with van der Waals surface area (Å²) in [5.74, 6) is 3.99. The van der Waals surface area contributed by atoms with Gasteiger partial charge in [0.1, 0.15) is 11.6 Å². The van der Waals surface area contributed by atoms with Gasteiger partial charge in [0, 0.05) is 12.3 Å². The van der Waals surface area contributed by atoms with Crippen LogP contribution in [0.15, 0.2) is 47.4 Å². The van der Waals surface area contributed by atoms with Crippen molar-refractivity contribution in [3.63, 3.8) is 0 Å². The van der Waals surface area contributed by atoms with E-state index in [0.717, 1.165) is 24.5 Å². The Balaban J connectivity index is 2.51. The number of sulfone groups is 1. The van der Waals surface area contributed by atoms with Gasteiger partial charge < -0.3 is 0 Å². The fourth-order valence-corrected chi connectivity index (χ4v) is 2.73. The molecule has 2 aromatic carbocycles. The summed E-state index contributed by atoms with van der Waals surface area (Å²) in [6, 6.07) is 8.34. The quantitative estimate of drug-likeness (QED) is 0.668. The molecule has 0 radical (unpaired) electrons. The van der Waals surface area contributed by atoms with E-state index in [2.05, 4.69) is 5.43 Å². The Hall–Kier alpha value is -1.83. The highest BCUT2D eigenvalue weighted by Gasteiger charge is 2.17. The van der Waals surface area contributed by atoms with E-state index in [9.17, 15) is 17.2 Å². The lowest BCUT2D eigenvalue weighted by molar-refractivity contribution is 0.565. The molecule has 0 aliphatic rings. The second kappa shape index (κ2) is 5.88. The van der Waals surface area contributed by atoms with Crippen LogP contribution in [0.25, 0.3) is 0 Å². The minimum Gasteiger partial charge on any atom is -0.271 e. The van der Waals surface area contributed by atoms with Crippen molar-refractivity contribution >= 4 is 9.84 Å². The van der Waals surface area contributed by atoms with Crippen LogP contribution in [0.3, 0.4) is 0 Å². The first-order chi connectivity index (χ1) is 9.81. The van der Waals surface area contributed by atoms with Gasteiger partial charge in [-0.1, -0.05) is 12.1 Å². The molecule has 0 spiro atoms. The minimum atomic E-state index is -3.38. The maximum Gasteiger partial charge on any atom is 0.175 e. The largest absolute Gasteiger partial charge is 0.271 e. The van der Waals surface area contributed by atoms with Gasteiger partial charge in [0.05, 0.1) is 10.9 Å². The zero-order chi connectivity index (χ0) is 15.6. The summed E-state index contributed by atoms with van der Waals surface area (Å²) in [6.45, 7) is 0. The summed E-state index contributed by atoms with van der Waals surface area (Å²) in [5, 5.41) is 0. The van der Waals surface area contributed by atoms with E-state index in [1.807, 2.05) is 0 Å². The van der Waals surface area contributed by atoms with Crippen LogP contribution in [0.4, 0.5) is 8.78 Å². The Morgan fingerprint density at radius 2 is 1.67 bits per heavy atom. The molecule has 0 aliphatic heterocycles. The molecule has 2 aromatic rings. The summed E-state index contributed by atoms with van der Waals surface area (Å²) in [5.41, 5.74) is 3.20. The SMILES string of the molecule is CS(=O)(=O)c1cccc(C(NN)c2cc(F)cc(F)c2)c1. The number of nitrogens with one attached hydrogen (secondary N) is 1. The minimum absolute atomic E-state index is 0.108. The number of hydrogen-bond acceptors (Lipinski definition) is 4. The number of halogens is 2. The van der Waals surface area contributed by atoms with Crippen molar-refractivity contribution in [2.45, 2.75) is 10.9 Å². The van der Waals surface area contributed by atoms with E-state index in [1.54, 1.807) is 12.1 Å². The zero-order valence-electron chi connectivity index (χ0n) is 11.2. The lowest BCUT2D eigenvalue weighted by Crippen LogP contribution is -2.29. The van der Waals surface area contributed by atoms with E-state index in [-0.39, 0.29) is 10.5 Å². The van der Waals surface area contributed by atoms with Gasteiger partial charge in [0.15, 0.2) is 9.84 Å². The molecule has 0 fully saturated rings. The van der Waals surface area contributed by atoms with Crippen LogP contribution in [0.5, 0.6) is 0 Å². The van der Waals surface area contributed by atoms with E-state index in [1.165, 1.54) is 12.1 Å². The number of rotatable bonds is 4. The fourth-order valence-electron chi connectivity index (χ4n) is 2.05. The van der Waals surface area contributed by atoms with Crippen molar-refractivity contribution in [1.29, 1.82) is 0 Å². The summed E-state index contributed by atoms with van der Waals surface area (Å²) in [6.07, 6.45) is 1.08. The highest BCUT2D eigenvalue weighted by molar-refractivity contribution is 7.90. The molecule has 2 rings (SSSR count). The fraction of sp³-hybridized carbons (Fsp3) is 0.143. The summed E-state index contributed by atoms with van der Waals surface area (Å²) in [4.78, 5) is 0.108. The molecule has 112 valence electrons. The molecule has 21 heavy (non-hydrogen) atoms. The van der Waals surface area contributed by atoms with Crippen molar-refractivity contribution in [1.82, 2.24) is 5.43 Å². The van der Waals surface area contributed by atoms with E-state index >= 15 is 0 Å². The van der Waals surface area contributed by atoms with Crippen LogP contribution in [0.2, 0.25) is 0 Å². The van der Waals surface area contributed by atoms with Crippen molar-refractivity contribution in [3.8, 4) is 0 Å². The highest BCUT2D eigenvalue weighted by atomic mass is 32.2. The number of benzene rings is 2. The summed E-state index contributed by atoms with van der Waals surface area (Å²) < 4.78 is 49.7. The normalized spacial score (nSPS) is 13.1. The molecule has 0 bridgehead atoms. The molecule has 7 heteroatoms. The Kier molecular flexibility index (Phi) is 4.36. The van der Waals surface area contributed by atoms with Gasteiger partial charge in [-0.05, 0) is 35.4 Å². The van der Waals surface area contributed by atoms with Crippen molar-refractivity contribution in [3.05, 3.63) is 65.2 Å². The molecule has 0 aliphatic carbocycles. The first-order valence-electron chi connectivity index (χ1n) is 6.03. The van der Waals surface area contributed by atoms with Gasteiger partial charge in [-0.3, -0.25) is 5.84 Å². The third-order valence-electron chi connectivity index (χ3n) is 3.00. The zero-order valence-corrected chi connectivity index (χ0v) is 12.0. The third-order valence-corrected chi connectivity index (χ3v) is 4.11. The van der Waals surface area contributed by atoms with Crippen molar-refractivity contribution < 1.29 is 17.2 Å². The van der Waals surface area contributed by atoms with Gasteiger partial charge in [-0.15, -0.1) is 0 Å². The monoisotopic (exact) mass is 312 g/mol. The summed E-state index contributed by atoms with van der Waals surface area (Å²) >= 11 is 0. The second-order valence-corrected chi connectivity index (χ2v) is 6.66. The summed E-state index contributed by atoms with van der Waals surface area (Å²) in [7, 11) is -3.38. The van der Waals surface area contributed by atoms with Crippen molar-refractivity contribution in [2.75, 3.05) is 6.26 Å². The lowest BCUT2D eigenvalue weighted by atomic mass is 9.99. The molecule has 3 N–H and O–H groups in total. The molecule has 0 saturated carbocycles. The molecule has 0 heterocycles. The second-order valence-electron chi connectivity index (χ2n) is 4.65. The smallest absolute Gasteiger partial charge is 0.175 e. The topological polar surface area (TPSA) is 72.2 Å². The molecule has 0 aromatic heterocycles. The van der Waals surface area contributed by atoms with Gasteiger partial charge >= 0.3 is 0 Å². The third kappa shape index (κ3) is 3.63. The first kappa shape index (κ1) is 15.6. The van der Waals surface area contributed by atoms with E-state index in [4.69, 9.17) is 5.84 Å². The van der Waals surface area contributed by atoms with E-state index in [0.29, 0.717) is 5.56 Å². The maximum atomic E-state index is 13.3. The molecule has 1 atom stereocenters. The standard InChI is InChI=1S/C14H14F2N2O2S/c1-21(19,20)13-4-2-3-9(7-13)14(18-17)10-5-11(15)8-12(16)6-10/h2-8,14,18H,17H2,1H3. The van der Waals surface area contributed by atoms with Gasteiger partial charge in [0.2, 0.25) is 0 Å². The van der Waals surface area contributed by atoms with Crippen LogP contribution < -0.4 is 11.3 Å². The number of nitrogens with two attached hydrogens (primary N) is 1. The van der Waals surface area contributed by atoms with Crippen LogP contribution in [0, 0.1) is 11.6 Å². The van der Waals surface area contributed by atoms with E-state index < -0.39 is 27.5 Å². The highest BCUT2D eigenvalue weighted by Crippen LogP contribution is 2.25. The van der Waals surface area contributed by atoms with Crippen LogP contribution in [-0.4, -0.2) is 14.7 Å². The molecular weight excluding hydrogens is 298 g/mol. The Bertz CT molecular complexity index is 743. The maximum absolute atomic E-state index is 13.3. The first-order valence-corrected chi connectivity index (χ1v) is 7.92. The Labute approximate surface area is 121 Å². The number of hydrazine groups is 1. The van der Waals surface area contributed by atoms with Crippen LogP contribution in [0.1, 0.15) is 17.2 Å². The predicted molar refractivity (Wildman–Crippen MR) is 75.1 cm³/mol. The Morgan fingerprint density at radius 3 is 2.19 bits per heavy atom. The van der Waals surface area contributed by atoms with Gasteiger partial charge in [-0.25, -0.2) is 22.6 Å². The van der Waals surface area contributed by atoms with Gasteiger partial charge in [0.25, 0.3) is 0 Å². The molecule has 4 nitrogen and oxygen atoms in total. The predicted octanol–water partition coefficient (Wildman–Crippen LogP) is 1.92.